The van der Waals surface area contributed by atoms with Crippen LogP contribution >= 0.6 is 11.3 Å². The monoisotopic (exact) mass is 445 g/mol. The van der Waals surface area contributed by atoms with E-state index in [1.165, 1.54) is 23.5 Å². The standard InChI is InChI=1S/C25H20FN3O2S/c26-18-10-8-16(9-11-18)14-19(25(31)29-12-4-5-13-29)22-27-23(30)21-20(15-32-24(21)28-22)17-6-2-1-3-7-17/h1-3,6-11,14-15H,4-5,12-13H2,(H,27,28,30)/b19-14+. The quantitative estimate of drug-likeness (QED) is 0.452. The van der Waals surface area contributed by atoms with E-state index in [2.05, 4.69) is 9.97 Å². The third-order valence-corrected chi connectivity index (χ3v) is 6.46. The third-order valence-electron chi connectivity index (χ3n) is 5.59. The van der Waals surface area contributed by atoms with E-state index in [-0.39, 0.29) is 23.1 Å². The lowest BCUT2D eigenvalue weighted by atomic mass is 10.1. The number of aromatic nitrogens is 2. The van der Waals surface area contributed by atoms with Crippen molar-refractivity contribution in [3.63, 3.8) is 0 Å². The molecular weight excluding hydrogens is 425 g/mol. The van der Waals surface area contributed by atoms with E-state index in [1.54, 1.807) is 23.1 Å². The van der Waals surface area contributed by atoms with Crippen molar-refractivity contribution in [2.24, 2.45) is 0 Å². The highest BCUT2D eigenvalue weighted by Crippen LogP contribution is 2.31. The largest absolute Gasteiger partial charge is 0.339 e. The lowest BCUT2D eigenvalue weighted by Gasteiger charge is -2.17. The molecule has 1 N–H and O–H groups in total. The zero-order valence-electron chi connectivity index (χ0n) is 17.2. The summed E-state index contributed by atoms with van der Waals surface area (Å²) in [4.78, 5) is 36.3. The van der Waals surface area contributed by atoms with Gasteiger partial charge in [0, 0.05) is 24.0 Å². The number of carbonyl (C=O) groups excluding carboxylic acids is 1. The Hall–Kier alpha value is -3.58. The van der Waals surface area contributed by atoms with Crippen molar-refractivity contribution in [1.82, 2.24) is 14.9 Å². The van der Waals surface area contributed by atoms with E-state index < -0.39 is 0 Å². The maximum Gasteiger partial charge on any atom is 0.260 e. The zero-order valence-corrected chi connectivity index (χ0v) is 18.0. The first kappa shape index (κ1) is 20.3. The summed E-state index contributed by atoms with van der Waals surface area (Å²) in [7, 11) is 0. The first-order valence-electron chi connectivity index (χ1n) is 10.4. The van der Waals surface area contributed by atoms with Crippen LogP contribution in [0.3, 0.4) is 0 Å². The summed E-state index contributed by atoms with van der Waals surface area (Å²) in [6.07, 6.45) is 3.56. The van der Waals surface area contributed by atoms with Crippen molar-refractivity contribution < 1.29 is 9.18 Å². The maximum atomic E-state index is 13.4. The number of nitrogens with one attached hydrogen (secondary N) is 1. The molecule has 0 bridgehead atoms. The van der Waals surface area contributed by atoms with Gasteiger partial charge in [0.15, 0.2) is 0 Å². The fourth-order valence-corrected chi connectivity index (χ4v) is 4.90. The molecule has 1 fully saturated rings. The first-order valence-corrected chi connectivity index (χ1v) is 11.3. The molecule has 2 aromatic carbocycles. The maximum absolute atomic E-state index is 13.4. The number of amides is 1. The van der Waals surface area contributed by atoms with E-state index in [9.17, 15) is 14.0 Å². The fourth-order valence-electron chi connectivity index (χ4n) is 3.95. The Morgan fingerprint density at radius 3 is 2.50 bits per heavy atom. The van der Waals surface area contributed by atoms with Gasteiger partial charge in [-0.15, -0.1) is 11.3 Å². The molecule has 160 valence electrons. The van der Waals surface area contributed by atoms with Crippen molar-refractivity contribution in [3.8, 4) is 11.1 Å². The number of likely N-dealkylation sites (tertiary alicyclic amines) is 1. The van der Waals surface area contributed by atoms with Crippen LogP contribution in [0.4, 0.5) is 4.39 Å². The number of hydrogen-bond donors (Lipinski definition) is 1. The van der Waals surface area contributed by atoms with Gasteiger partial charge in [0.1, 0.15) is 16.5 Å². The highest BCUT2D eigenvalue weighted by molar-refractivity contribution is 7.17. The van der Waals surface area contributed by atoms with Crippen LogP contribution < -0.4 is 5.56 Å². The lowest BCUT2D eigenvalue weighted by molar-refractivity contribution is -0.123. The average molecular weight is 446 g/mol. The van der Waals surface area contributed by atoms with Crippen LogP contribution in [0.2, 0.25) is 0 Å². The molecule has 7 heteroatoms. The molecule has 32 heavy (non-hydrogen) atoms. The smallest absolute Gasteiger partial charge is 0.260 e. The Labute approximate surface area is 187 Å². The van der Waals surface area contributed by atoms with Gasteiger partial charge in [0.25, 0.3) is 11.5 Å². The summed E-state index contributed by atoms with van der Waals surface area (Å²) >= 11 is 1.37. The molecule has 2 aromatic heterocycles. The second-order valence-electron chi connectivity index (χ2n) is 7.72. The summed E-state index contributed by atoms with van der Waals surface area (Å²) < 4.78 is 13.4. The Kier molecular flexibility index (Phi) is 5.41. The molecule has 1 aliphatic rings. The van der Waals surface area contributed by atoms with E-state index in [4.69, 9.17) is 0 Å². The van der Waals surface area contributed by atoms with Gasteiger partial charge in [-0.3, -0.25) is 9.59 Å². The zero-order chi connectivity index (χ0) is 22.1. The van der Waals surface area contributed by atoms with Gasteiger partial charge in [0.2, 0.25) is 0 Å². The van der Waals surface area contributed by atoms with Gasteiger partial charge in [-0.2, -0.15) is 0 Å². The van der Waals surface area contributed by atoms with Crippen LogP contribution in [0.25, 0.3) is 33.0 Å². The minimum absolute atomic E-state index is 0.186. The Balaban J connectivity index is 1.64. The van der Waals surface area contributed by atoms with E-state index in [0.29, 0.717) is 34.4 Å². The molecule has 1 aliphatic heterocycles. The topological polar surface area (TPSA) is 66.1 Å². The minimum atomic E-state index is -0.352. The SMILES string of the molecule is O=C(/C(=C/c1ccc(F)cc1)c1nc2scc(-c3ccccc3)c2c(=O)[nH]1)N1CCCC1. The molecule has 0 saturated carbocycles. The van der Waals surface area contributed by atoms with Gasteiger partial charge in [-0.05, 0) is 42.2 Å². The molecule has 0 atom stereocenters. The summed E-state index contributed by atoms with van der Waals surface area (Å²) in [6, 6.07) is 15.6. The van der Waals surface area contributed by atoms with Crippen molar-refractivity contribution in [1.29, 1.82) is 0 Å². The second-order valence-corrected chi connectivity index (χ2v) is 8.58. The number of carbonyl (C=O) groups is 1. The van der Waals surface area contributed by atoms with E-state index >= 15 is 0 Å². The molecule has 0 radical (unpaired) electrons. The van der Waals surface area contributed by atoms with Crippen LogP contribution in [0.5, 0.6) is 0 Å². The normalized spacial score (nSPS) is 14.3. The second kappa shape index (κ2) is 8.51. The van der Waals surface area contributed by atoms with Crippen LogP contribution in [0.1, 0.15) is 24.2 Å². The predicted molar refractivity (Wildman–Crippen MR) is 126 cm³/mol. The van der Waals surface area contributed by atoms with Gasteiger partial charge in [-0.25, -0.2) is 9.37 Å². The number of rotatable bonds is 4. The van der Waals surface area contributed by atoms with Gasteiger partial charge in [0.05, 0.1) is 11.0 Å². The lowest BCUT2D eigenvalue weighted by Crippen LogP contribution is -2.29. The highest BCUT2D eigenvalue weighted by Gasteiger charge is 2.25. The molecule has 4 aromatic rings. The Morgan fingerprint density at radius 2 is 1.78 bits per heavy atom. The number of nitrogens with zero attached hydrogens (tertiary/aromatic N) is 2. The Morgan fingerprint density at radius 1 is 1.06 bits per heavy atom. The van der Waals surface area contributed by atoms with Crippen molar-refractivity contribution in [2.45, 2.75) is 12.8 Å². The fraction of sp³-hybridized carbons (Fsp3) is 0.160. The molecule has 0 unspecified atom stereocenters. The first-order chi connectivity index (χ1) is 15.6. The number of benzene rings is 2. The van der Waals surface area contributed by atoms with Crippen LogP contribution in [-0.4, -0.2) is 33.9 Å². The third kappa shape index (κ3) is 3.87. The number of halogens is 1. The van der Waals surface area contributed by atoms with Crippen molar-refractivity contribution in [2.75, 3.05) is 13.1 Å². The van der Waals surface area contributed by atoms with Crippen LogP contribution in [0, 0.1) is 5.82 Å². The van der Waals surface area contributed by atoms with E-state index in [0.717, 1.165) is 24.0 Å². The van der Waals surface area contributed by atoms with Crippen molar-refractivity contribution >= 4 is 39.1 Å². The molecule has 0 aliphatic carbocycles. The highest BCUT2D eigenvalue weighted by atomic mass is 32.1. The predicted octanol–water partition coefficient (Wildman–Crippen LogP) is 4.95. The van der Waals surface area contributed by atoms with Gasteiger partial charge < -0.3 is 9.88 Å². The molecule has 1 saturated heterocycles. The molecular formula is C25H20FN3O2S. The summed E-state index contributed by atoms with van der Waals surface area (Å²) in [6.45, 7) is 1.34. The number of fused-ring (bicyclic) bond motifs is 1. The number of thiophene rings is 1. The summed E-state index contributed by atoms with van der Waals surface area (Å²) in [5.74, 6) is -0.311. The molecule has 1 amide bonds. The number of aromatic amines is 1. The van der Waals surface area contributed by atoms with Crippen LogP contribution in [-0.2, 0) is 4.79 Å². The summed E-state index contributed by atoms with van der Waals surface area (Å²) in [5, 5.41) is 2.43. The Bertz CT molecular complexity index is 1370. The molecule has 0 spiro atoms. The minimum Gasteiger partial charge on any atom is -0.339 e. The van der Waals surface area contributed by atoms with Crippen LogP contribution in [0.15, 0.2) is 64.8 Å². The number of H-pyrrole nitrogens is 1. The molecule has 5 nitrogen and oxygen atoms in total. The van der Waals surface area contributed by atoms with E-state index in [1.807, 2.05) is 35.7 Å². The average Bonchev–Trinajstić information content (AvgIpc) is 3.49. The van der Waals surface area contributed by atoms with Gasteiger partial charge in [-0.1, -0.05) is 42.5 Å². The summed E-state index contributed by atoms with van der Waals surface area (Å²) in [5.41, 5.74) is 2.43. The van der Waals surface area contributed by atoms with Gasteiger partial charge >= 0.3 is 0 Å². The number of hydrogen-bond acceptors (Lipinski definition) is 4. The molecule has 3 heterocycles. The molecule has 5 rings (SSSR count). The van der Waals surface area contributed by atoms with Crippen molar-refractivity contribution in [3.05, 3.63) is 87.5 Å².